The van der Waals surface area contributed by atoms with Crippen LogP contribution in [0.15, 0.2) is 54.6 Å². The molecular formula is C21H23F3NO4S3+. The number of rotatable bonds is 4. The maximum absolute atomic E-state index is 10.7. The fraction of sp³-hybridized carbons (Fsp3) is 0.333. The fourth-order valence-electron chi connectivity index (χ4n) is 2.90. The first-order valence-electron chi connectivity index (χ1n) is 9.68. The number of halogens is 3. The van der Waals surface area contributed by atoms with Gasteiger partial charge in [-0.3, -0.25) is 5.21 Å². The largest absolute Gasteiger partial charge is 0.741 e. The van der Waals surface area contributed by atoms with E-state index >= 15 is 0 Å². The van der Waals surface area contributed by atoms with E-state index < -0.39 is 15.6 Å². The van der Waals surface area contributed by atoms with E-state index in [-0.39, 0.29) is 0 Å². The van der Waals surface area contributed by atoms with Gasteiger partial charge >= 0.3 is 15.4 Å². The first-order chi connectivity index (χ1) is 15.1. The molecule has 2 aromatic rings. The van der Waals surface area contributed by atoms with E-state index in [1.807, 2.05) is 29.2 Å². The van der Waals surface area contributed by atoms with Crippen LogP contribution in [0.2, 0.25) is 0 Å². The van der Waals surface area contributed by atoms with E-state index in [0.29, 0.717) is 0 Å². The van der Waals surface area contributed by atoms with Gasteiger partial charge in [-0.15, -0.1) is 0 Å². The summed E-state index contributed by atoms with van der Waals surface area (Å²) in [5, 5.41) is 12.2. The number of thioether (sulfide) groups is 1. The molecule has 2 N–H and O–H groups in total. The molecule has 3 rings (SSSR count). The molecule has 32 heavy (non-hydrogen) atoms. The van der Waals surface area contributed by atoms with Crippen LogP contribution in [0.3, 0.4) is 0 Å². The third-order valence-electron chi connectivity index (χ3n) is 4.40. The minimum absolute atomic E-state index is 0.875. The molecule has 0 amide bonds. The highest BCUT2D eigenvalue weighted by Gasteiger charge is 2.37. The van der Waals surface area contributed by atoms with Crippen LogP contribution in [0.4, 0.5) is 13.2 Å². The number of alkyl halides is 3. The molecule has 0 bridgehead atoms. The quantitative estimate of drug-likeness (QED) is 0.127. The van der Waals surface area contributed by atoms with Crippen LogP contribution in [0.1, 0.15) is 29.5 Å². The van der Waals surface area contributed by atoms with Crippen molar-refractivity contribution in [2.45, 2.75) is 31.2 Å². The Hall–Kier alpha value is -1.95. The number of fused-ring (bicyclic) bond motifs is 1. The first kappa shape index (κ1) is 26.3. The maximum atomic E-state index is 10.7. The molecular weight excluding hydrogens is 483 g/mol. The van der Waals surface area contributed by atoms with Crippen LogP contribution >= 0.6 is 11.8 Å². The molecule has 0 atom stereocenters. The number of benzene rings is 2. The molecule has 0 fully saturated rings. The average molecular weight is 507 g/mol. The summed E-state index contributed by atoms with van der Waals surface area (Å²) in [7, 11) is -6.09. The van der Waals surface area contributed by atoms with Gasteiger partial charge in [0.15, 0.2) is 27.2 Å². The Morgan fingerprint density at radius 3 is 2.34 bits per heavy atom. The molecule has 0 aromatic heterocycles. The molecule has 174 valence electrons. The van der Waals surface area contributed by atoms with Gasteiger partial charge in [0.25, 0.3) is 0 Å². The summed E-state index contributed by atoms with van der Waals surface area (Å²) < 4.78 is 60.1. The molecule has 5 nitrogen and oxygen atoms in total. The van der Waals surface area contributed by atoms with Crippen molar-refractivity contribution >= 4 is 43.1 Å². The van der Waals surface area contributed by atoms with Gasteiger partial charge in [0, 0.05) is 12.2 Å². The first-order valence-corrected chi connectivity index (χ1v) is 13.1. The third-order valence-corrected chi connectivity index (χ3v) is 7.59. The van der Waals surface area contributed by atoms with Crippen molar-refractivity contribution in [1.82, 2.24) is 0 Å². The zero-order chi connectivity index (χ0) is 23.6. The van der Waals surface area contributed by atoms with Crippen molar-refractivity contribution in [2.24, 2.45) is 0 Å². The van der Waals surface area contributed by atoms with E-state index in [1.54, 1.807) is 0 Å². The van der Waals surface area contributed by atoms with Crippen molar-refractivity contribution < 1.29 is 36.5 Å². The summed E-state index contributed by atoms with van der Waals surface area (Å²) in [5.74, 6) is 2.16. The summed E-state index contributed by atoms with van der Waals surface area (Å²) in [5.41, 5.74) is -0.926. The highest BCUT2D eigenvalue weighted by atomic mass is 32.2. The number of aryl methyl sites for hydroxylation is 2. The van der Waals surface area contributed by atoms with Gasteiger partial charge in [-0.05, 0) is 41.6 Å². The molecule has 2 aromatic carbocycles. The SMILES string of the molecule is O/[NH+]=C1/C(SCCCc2ccccc2)=[S+]CCCc2ccccc21.O=S(=O)([O-])C(F)(F)F. The fourth-order valence-corrected chi connectivity index (χ4v) is 5.28. The molecule has 1 aliphatic rings. The highest BCUT2D eigenvalue weighted by Crippen LogP contribution is 2.20. The van der Waals surface area contributed by atoms with E-state index in [1.165, 1.54) is 21.7 Å². The molecule has 11 heteroatoms. The second kappa shape index (κ2) is 12.3. The summed E-state index contributed by atoms with van der Waals surface area (Å²) in [6.45, 7) is 0. The Balaban J connectivity index is 0.000000390. The lowest BCUT2D eigenvalue weighted by Crippen LogP contribution is -2.71. The Kier molecular flexibility index (Phi) is 10.1. The van der Waals surface area contributed by atoms with E-state index in [9.17, 15) is 18.4 Å². The molecule has 0 radical (unpaired) electrons. The Bertz CT molecular complexity index is 1040. The Morgan fingerprint density at radius 2 is 1.72 bits per heavy atom. The van der Waals surface area contributed by atoms with Crippen LogP contribution < -0.4 is 5.16 Å². The van der Waals surface area contributed by atoms with Crippen molar-refractivity contribution in [3.05, 3.63) is 71.3 Å². The Morgan fingerprint density at radius 1 is 1.09 bits per heavy atom. The smallest absolute Gasteiger partial charge is 0.485 e. The third kappa shape index (κ3) is 8.19. The summed E-state index contributed by atoms with van der Waals surface area (Å²) in [4.78, 5) is 0. The van der Waals surface area contributed by atoms with Crippen LogP contribution in [0.25, 0.3) is 0 Å². The second-order valence-corrected chi connectivity index (χ2v) is 10.6. The molecule has 0 saturated heterocycles. The van der Waals surface area contributed by atoms with Crippen LogP contribution in [0.5, 0.6) is 0 Å². The van der Waals surface area contributed by atoms with E-state index in [2.05, 4.69) is 53.7 Å². The van der Waals surface area contributed by atoms with Crippen molar-refractivity contribution in [3.8, 4) is 0 Å². The molecule has 0 unspecified atom stereocenters. The molecule has 1 heterocycles. The van der Waals surface area contributed by atoms with Gasteiger partial charge in [0.05, 0.1) is 5.56 Å². The van der Waals surface area contributed by atoms with E-state index in [0.717, 1.165) is 42.0 Å². The van der Waals surface area contributed by atoms with Crippen LogP contribution in [0, 0.1) is 0 Å². The topological polar surface area (TPSA) is 91.4 Å². The number of nitrogens with one attached hydrogen (secondary N) is 1. The van der Waals surface area contributed by atoms with Gasteiger partial charge in [-0.1, -0.05) is 60.3 Å². The predicted molar refractivity (Wildman–Crippen MR) is 122 cm³/mol. The zero-order valence-corrected chi connectivity index (χ0v) is 19.4. The van der Waals surface area contributed by atoms with Crippen LogP contribution in [-0.4, -0.2) is 45.1 Å². The average Bonchev–Trinajstić information content (AvgIpc) is 2.73. The molecule has 0 spiro atoms. The minimum atomic E-state index is -6.09. The number of hydrogen-bond donors (Lipinski definition) is 2. The van der Waals surface area contributed by atoms with Crippen molar-refractivity contribution in [1.29, 1.82) is 0 Å². The lowest BCUT2D eigenvalue weighted by Gasteiger charge is -2.08. The standard InChI is InChI=1S/C20H21NOS2.CHF3O3S/c22-21-19-18-13-5-4-11-17(18)12-7-15-24-20(19)23-14-6-10-16-8-2-1-3-9-16;2-1(3,4)8(5,6)7/h1-5,8-9,11,13H,6-7,10,12,14-15H2;(H,5,6,7)/p+1/b21-19+;. The number of hydrogen-bond acceptors (Lipinski definition) is 5. The van der Waals surface area contributed by atoms with Gasteiger partial charge in [-0.25, -0.2) is 8.42 Å². The minimum Gasteiger partial charge on any atom is -0.741 e. The van der Waals surface area contributed by atoms with E-state index in [4.69, 9.17) is 13.0 Å². The molecule has 1 aliphatic heterocycles. The summed E-state index contributed by atoms with van der Waals surface area (Å²) in [6.07, 6.45) is 4.48. The molecule has 0 aliphatic carbocycles. The summed E-state index contributed by atoms with van der Waals surface area (Å²) in [6, 6.07) is 19.0. The van der Waals surface area contributed by atoms with Gasteiger partial charge < -0.3 is 4.55 Å². The molecule has 0 saturated carbocycles. The highest BCUT2D eigenvalue weighted by molar-refractivity contribution is 8.24. The normalized spacial score (nSPS) is 15.6. The summed E-state index contributed by atoms with van der Waals surface area (Å²) >= 11 is 3.72. The predicted octanol–water partition coefficient (Wildman–Crippen LogP) is 2.52. The van der Waals surface area contributed by atoms with Crippen LogP contribution in [-0.2, 0) is 34.3 Å². The lowest BCUT2D eigenvalue weighted by molar-refractivity contribution is -0.735. The Labute approximate surface area is 193 Å². The zero-order valence-electron chi connectivity index (χ0n) is 17.0. The van der Waals surface area contributed by atoms with Gasteiger partial charge in [0.2, 0.25) is 0 Å². The lowest BCUT2D eigenvalue weighted by atomic mass is 10.00. The second-order valence-electron chi connectivity index (χ2n) is 6.72. The van der Waals surface area contributed by atoms with Crippen molar-refractivity contribution in [3.63, 3.8) is 0 Å². The van der Waals surface area contributed by atoms with Gasteiger partial charge in [0.1, 0.15) is 0 Å². The van der Waals surface area contributed by atoms with Crippen molar-refractivity contribution in [2.75, 3.05) is 11.5 Å². The maximum Gasteiger partial charge on any atom is 0.485 e. The monoisotopic (exact) mass is 506 g/mol. The van der Waals surface area contributed by atoms with Gasteiger partial charge in [-0.2, -0.15) is 13.2 Å².